The molecule has 1 fully saturated rings. The summed E-state index contributed by atoms with van der Waals surface area (Å²) < 4.78 is 18.9. The summed E-state index contributed by atoms with van der Waals surface area (Å²) in [6.45, 7) is 2.21. The zero-order chi connectivity index (χ0) is 14.8. The SMILES string of the molecule is O=C(c1ccc(Cl)o1)N1CCN(c2ccccc2F)CC1. The van der Waals surface area contributed by atoms with Crippen LogP contribution in [0.5, 0.6) is 0 Å². The van der Waals surface area contributed by atoms with Gasteiger partial charge in [0.1, 0.15) is 5.82 Å². The molecule has 0 spiro atoms. The maximum absolute atomic E-state index is 13.7. The third-order valence-corrected chi connectivity index (χ3v) is 3.75. The van der Waals surface area contributed by atoms with E-state index in [2.05, 4.69) is 0 Å². The zero-order valence-electron chi connectivity index (χ0n) is 11.3. The van der Waals surface area contributed by atoms with Crippen molar-refractivity contribution in [1.29, 1.82) is 0 Å². The van der Waals surface area contributed by atoms with Gasteiger partial charge in [-0.2, -0.15) is 0 Å². The van der Waals surface area contributed by atoms with E-state index >= 15 is 0 Å². The molecule has 0 N–H and O–H groups in total. The number of amides is 1. The van der Waals surface area contributed by atoms with Crippen molar-refractivity contribution in [2.45, 2.75) is 0 Å². The predicted octanol–water partition coefficient (Wildman–Crippen LogP) is 3.03. The highest BCUT2D eigenvalue weighted by Crippen LogP contribution is 2.21. The number of furan rings is 1. The molecule has 0 bridgehead atoms. The molecule has 2 heterocycles. The standard InChI is InChI=1S/C15H14ClFN2O2/c16-14-6-5-13(21-14)15(20)19-9-7-18(8-10-19)12-4-2-1-3-11(12)17/h1-6H,7-10H2. The molecule has 1 aliphatic rings. The second kappa shape index (κ2) is 5.77. The first-order chi connectivity index (χ1) is 10.1. The number of para-hydroxylation sites is 1. The quantitative estimate of drug-likeness (QED) is 0.855. The maximum atomic E-state index is 13.7. The van der Waals surface area contributed by atoms with Crippen LogP contribution in [0.4, 0.5) is 10.1 Å². The summed E-state index contributed by atoms with van der Waals surface area (Å²) in [6, 6.07) is 9.77. The van der Waals surface area contributed by atoms with Gasteiger partial charge in [0.05, 0.1) is 5.69 Å². The lowest BCUT2D eigenvalue weighted by molar-refractivity contribution is 0.0714. The van der Waals surface area contributed by atoms with Crippen molar-refractivity contribution in [2.75, 3.05) is 31.1 Å². The second-order valence-electron chi connectivity index (χ2n) is 4.83. The molecule has 1 aromatic heterocycles. The molecule has 2 aromatic rings. The monoisotopic (exact) mass is 308 g/mol. The van der Waals surface area contributed by atoms with Crippen LogP contribution in [0.3, 0.4) is 0 Å². The van der Waals surface area contributed by atoms with Crippen molar-refractivity contribution >= 4 is 23.2 Å². The lowest BCUT2D eigenvalue weighted by Gasteiger charge is -2.35. The Kier molecular flexibility index (Phi) is 3.84. The molecule has 0 atom stereocenters. The zero-order valence-corrected chi connectivity index (χ0v) is 12.0. The van der Waals surface area contributed by atoms with Gasteiger partial charge in [0.2, 0.25) is 0 Å². The molecular weight excluding hydrogens is 295 g/mol. The van der Waals surface area contributed by atoms with Crippen molar-refractivity contribution < 1.29 is 13.6 Å². The summed E-state index contributed by atoms with van der Waals surface area (Å²) >= 11 is 5.68. The molecule has 110 valence electrons. The van der Waals surface area contributed by atoms with Gasteiger partial charge in [-0.05, 0) is 35.9 Å². The highest BCUT2D eigenvalue weighted by molar-refractivity contribution is 6.29. The summed E-state index contributed by atoms with van der Waals surface area (Å²) in [5.41, 5.74) is 0.575. The lowest BCUT2D eigenvalue weighted by Crippen LogP contribution is -2.49. The fraction of sp³-hybridized carbons (Fsp3) is 0.267. The number of hydrogen-bond donors (Lipinski definition) is 0. The van der Waals surface area contributed by atoms with Crippen LogP contribution in [-0.2, 0) is 0 Å². The molecule has 1 aromatic carbocycles. The van der Waals surface area contributed by atoms with E-state index in [9.17, 15) is 9.18 Å². The van der Waals surface area contributed by atoms with Crippen LogP contribution >= 0.6 is 11.6 Å². The second-order valence-corrected chi connectivity index (χ2v) is 5.21. The molecule has 4 nitrogen and oxygen atoms in total. The number of rotatable bonds is 2. The van der Waals surface area contributed by atoms with Gasteiger partial charge in [0, 0.05) is 26.2 Å². The van der Waals surface area contributed by atoms with E-state index < -0.39 is 0 Å². The Hall–Kier alpha value is -2.01. The van der Waals surface area contributed by atoms with Crippen molar-refractivity contribution in [2.24, 2.45) is 0 Å². The van der Waals surface area contributed by atoms with Gasteiger partial charge >= 0.3 is 0 Å². The molecule has 0 unspecified atom stereocenters. The average Bonchev–Trinajstić information content (AvgIpc) is 2.94. The third kappa shape index (κ3) is 2.88. The Labute approximate surface area is 126 Å². The normalized spacial score (nSPS) is 15.3. The number of piperazine rings is 1. The summed E-state index contributed by atoms with van der Waals surface area (Å²) in [6.07, 6.45) is 0. The van der Waals surface area contributed by atoms with E-state index in [0.717, 1.165) is 0 Å². The van der Waals surface area contributed by atoms with E-state index in [0.29, 0.717) is 31.9 Å². The molecule has 21 heavy (non-hydrogen) atoms. The minimum atomic E-state index is -0.241. The highest BCUT2D eigenvalue weighted by atomic mass is 35.5. The van der Waals surface area contributed by atoms with E-state index in [4.69, 9.17) is 16.0 Å². The van der Waals surface area contributed by atoms with Crippen LogP contribution in [0.25, 0.3) is 0 Å². The van der Waals surface area contributed by atoms with Gasteiger partial charge in [-0.15, -0.1) is 0 Å². The summed E-state index contributed by atoms with van der Waals surface area (Å²) in [4.78, 5) is 15.8. The Morgan fingerprint density at radius 2 is 1.81 bits per heavy atom. The topological polar surface area (TPSA) is 36.7 Å². The predicted molar refractivity (Wildman–Crippen MR) is 78.2 cm³/mol. The highest BCUT2D eigenvalue weighted by Gasteiger charge is 2.25. The molecule has 1 aliphatic heterocycles. The fourth-order valence-corrected chi connectivity index (χ4v) is 2.59. The van der Waals surface area contributed by atoms with E-state index in [-0.39, 0.29) is 22.7 Å². The van der Waals surface area contributed by atoms with E-state index in [1.54, 1.807) is 35.2 Å². The van der Waals surface area contributed by atoms with Gasteiger partial charge in [-0.1, -0.05) is 12.1 Å². The summed E-state index contributed by atoms with van der Waals surface area (Å²) in [5, 5.41) is 0.198. The number of hydrogen-bond acceptors (Lipinski definition) is 3. The number of nitrogens with zero attached hydrogens (tertiary/aromatic N) is 2. The first-order valence-corrected chi connectivity index (χ1v) is 7.07. The fourth-order valence-electron chi connectivity index (χ4n) is 2.44. The average molecular weight is 309 g/mol. The Morgan fingerprint density at radius 1 is 1.10 bits per heavy atom. The molecule has 3 rings (SSSR count). The Morgan fingerprint density at radius 3 is 2.43 bits per heavy atom. The molecule has 0 aliphatic carbocycles. The van der Waals surface area contributed by atoms with Crippen LogP contribution in [0, 0.1) is 5.82 Å². The van der Waals surface area contributed by atoms with Gasteiger partial charge in [0.15, 0.2) is 11.0 Å². The Balaban J connectivity index is 1.65. The van der Waals surface area contributed by atoms with Crippen LogP contribution in [0.15, 0.2) is 40.8 Å². The number of carbonyl (C=O) groups is 1. The van der Waals surface area contributed by atoms with Crippen molar-refractivity contribution in [3.05, 3.63) is 53.2 Å². The van der Waals surface area contributed by atoms with Crippen molar-refractivity contribution in [1.82, 2.24) is 4.90 Å². The van der Waals surface area contributed by atoms with Gasteiger partial charge in [-0.25, -0.2) is 4.39 Å². The smallest absolute Gasteiger partial charge is 0.289 e. The Bertz CT molecular complexity index is 651. The van der Waals surface area contributed by atoms with Gasteiger partial charge < -0.3 is 14.2 Å². The van der Waals surface area contributed by atoms with E-state index in [1.807, 2.05) is 4.90 Å². The molecule has 1 amide bonds. The third-order valence-electron chi connectivity index (χ3n) is 3.54. The molecule has 1 saturated heterocycles. The minimum Gasteiger partial charge on any atom is -0.440 e. The summed E-state index contributed by atoms with van der Waals surface area (Å²) in [7, 11) is 0. The first-order valence-electron chi connectivity index (χ1n) is 6.69. The van der Waals surface area contributed by atoms with Crippen LogP contribution < -0.4 is 4.90 Å². The number of halogens is 2. The van der Waals surface area contributed by atoms with Gasteiger partial charge in [0.25, 0.3) is 5.91 Å². The molecule has 0 saturated carbocycles. The molecule has 0 radical (unpaired) electrons. The number of benzene rings is 1. The van der Waals surface area contributed by atoms with E-state index in [1.165, 1.54) is 6.07 Å². The molecule has 6 heteroatoms. The van der Waals surface area contributed by atoms with Crippen molar-refractivity contribution in [3.8, 4) is 0 Å². The van der Waals surface area contributed by atoms with Crippen molar-refractivity contribution in [3.63, 3.8) is 0 Å². The van der Waals surface area contributed by atoms with Gasteiger partial charge in [-0.3, -0.25) is 4.79 Å². The first kappa shape index (κ1) is 13.9. The number of carbonyl (C=O) groups excluding carboxylic acids is 1. The maximum Gasteiger partial charge on any atom is 0.289 e. The molecular formula is C15H14ClFN2O2. The summed E-state index contributed by atoms with van der Waals surface area (Å²) in [5.74, 6) is -0.190. The van der Waals surface area contributed by atoms with Crippen LogP contribution in [-0.4, -0.2) is 37.0 Å². The minimum absolute atomic E-state index is 0.185. The number of anilines is 1. The van der Waals surface area contributed by atoms with Crippen LogP contribution in [0.1, 0.15) is 10.6 Å². The lowest BCUT2D eigenvalue weighted by atomic mass is 10.2. The van der Waals surface area contributed by atoms with Crippen LogP contribution in [0.2, 0.25) is 5.22 Å². The largest absolute Gasteiger partial charge is 0.440 e.